The maximum absolute atomic E-state index is 13.2. The first kappa shape index (κ1) is 22.4. The van der Waals surface area contributed by atoms with Gasteiger partial charge in [-0.2, -0.15) is 4.31 Å². The van der Waals surface area contributed by atoms with E-state index in [9.17, 15) is 22.8 Å². The molecule has 2 aromatic carbocycles. The summed E-state index contributed by atoms with van der Waals surface area (Å²) >= 11 is 0. The molecule has 0 unspecified atom stereocenters. The van der Waals surface area contributed by atoms with Crippen molar-refractivity contribution in [2.45, 2.75) is 23.8 Å². The molecule has 2 aliphatic rings. The number of nitrogens with one attached hydrogen (secondary N) is 2. The number of carbonyl (C=O) groups excluding carboxylic acids is 2. The van der Waals surface area contributed by atoms with Crippen molar-refractivity contribution in [1.29, 1.82) is 0 Å². The average Bonchev–Trinajstić information content (AvgIpc) is 3.19. The fourth-order valence-corrected chi connectivity index (χ4v) is 6.15. The number of aromatic amines is 1. The molecule has 2 N–H and O–H groups in total. The van der Waals surface area contributed by atoms with Crippen LogP contribution in [0.15, 0.2) is 58.2 Å². The first-order valence-electron chi connectivity index (χ1n) is 11.2. The minimum atomic E-state index is -3.89. The fraction of sp³-hybridized carbons (Fsp3) is 0.348. The molecule has 3 heterocycles. The number of H-pyrrole nitrogens is 1. The number of benzene rings is 2. The summed E-state index contributed by atoms with van der Waals surface area (Å²) < 4.78 is 28.9. The Labute approximate surface area is 196 Å². The van der Waals surface area contributed by atoms with Crippen LogP contribution in [-0.4, -0.2) is 71.7 Å². The van der Waals surface area contributed by atoms with Gasteiger partial charge in [0.2, 0.25) is 15.9 Å². The molecule has 10 nitrogen and oxygen atoms in total. The second-order valence-corrected chi connectivity index (χ2v) is 10.5. The molecule has 0 aliphatic carbocycles. The van der Waals surface area contributed by atoms with Gasteiger partial charge in [-0.25, -0.2) is 13.2 Å². The number of hydrogen-bond acceptors (Lipinski definition) is 5. The molecule has 34 heavy (non-hydrogen) atoms. The van der Waals surface area contributed by atoms with E-state index in [1.165, 1.54) is 12.1 Å². The van der Waals surface area contributed by atoms with Crippen molar-refractivity contribution in [3.8, 4) is 0 Å². The molecule has 3 aromatic rings. The first-order valence-corrected chi connectivity index (χ1v) is 12.6. The molecule has 178 valence electrons. The average molecular weight is 484 g/mol. The van der Waals surface area contributed by atoms with E-state index in [0.717, 1.165) is 15.3 Å². The zero-order valence-electron chi connectivity index (χ0n) is 18.4. The number of aromatic nitrogens is 2. The summed E-state index contributed by atoms with van der Waals surface area (Å²) in [5.41, 5.74) is 1.76. The molecule has 11 heteroatoms. The van der Waals surface area contributed by atoms with Crippen LogP contribution in [-0.2, 0) is 14.8 Å². The lowest BCUT2D eigenvalue weighted by atomic mass is 10.0. The summed E-state index contributed by atoms with van der Waals surface area (Å²) in [6.07, 6.45) is 1.24. The highest BCUT2D eigenvalue weighted by atomic mass is 32.2. The number of fused-ring (bicyclic) bond motifs is 1. The number of sulfonamides is 1. The number of rotatable bonds is 4. The number of imidazole rings is 1. The van der Waals surface area contributed by atoms with Crippen LogP contribution in [0.4, 0.5) is 0 Å². The lowest BCUT2D eigenvalue weighted by molar-refractivity contribution is -0.122. The van der Waals surface area contributed by atoms with Gasteiger partial charge >= 0.3 is 5.69 Å². The summed E-state index contributed by atoms with van der Waals surface area (Å²) in [6, 6.07) is 13.5. The zero-order valence-corrected chi connectivity index (χ0v) is 19.3. The monoisotopic (exact) mass is 483 g/mol. The fourth-order valence-electron chi connectivity index (χ4n) is 4.71. The highest BCUT2D eigenvalue weighted by molar-refractivity contribution is 7.89. The summed E-state index contributed by atoms with van der Waals surface area (Å²) in [7, 11) is -3.89. The predicted octanol–water partition coefficient (Wildman–Crippen LogP) is 0.927. The van der Waals surface area contributed by atoms with Crippen LogP contribution >= 0.6 is 0 Å². The van der Waals surface area contributed by atoms with Crippen molar-refractivity contribution < 1.29 is 18.0 Å². The van der Waals surface area contributed by atoms with E-state index in [1.54, 1.807) is 21.6 Å². The van der Waals surface area contributed by atoms with Crippen molar-refractivity contribution in [3.05, 3.63) is 64.6 Å². The standard InChI is InChI=1S/C23H25N5O5S/c29-21-15-27(13-10-24-21)34(32,33)18-5-3-4-16(14-18)22(30)26-11-8-17(9-12-26)28-20-7-2-1-6-19(20)25-23(28)31/h1-7,14,17H,8-13,15H2,(H,24,29)(H,25,31). The Balaban J connectivity index is 1.31. The third-order valence-corrected chi connectivity index (χ3v) is 8.30. The molecule has 0 spiro atoms. The summed E-state index contributed by atoms with van der Waals surface area (Å²) in [5.74, 6) is -0.600. The summed E-state index contributed by atoms with van der Waals surface area (Å²) in [5, 5.41) is 2.61. The number of piperidine rings is 1. The topological polar surface area (TPSA) is 125 Å². The maximum atomic E-state index is 13.2. The molecule has 1 aromatic heterocycles. The van der Waals surface area contributed by atoms with Crippen molar-refractivity contribution >= 4 is 32.9 Å². The minimum absolute atomic E-state index is 0.00622. The highest BCUT2D eigenvalue weighted by Gasteiger charge is 2.31. The summed E-state index contributed by atoms with van der Waals surface area (Å²) in [6.45, 7) is 1.12. The van der Waals surface area contributed by atoms with E-state index in [1.807, 2.05) is 24.3 Å². The Morgan fingerprint density at radius 3 is 2.50 bits per heavy atom. The molecule has 2 fully saturated rings. The van der Waals surface area contributed by atoms with E-state index in [4.69, 9.17) is 0 Å². The van der Waals surface area contributed by atoms with E-state index in [0.29, 0.717) is 25.9 Å². The molecule has 0 atom stereocenters. The Hall–Kier alpha value is -3.44. The normalized spacial score (nSPS) is 18.2. The van der Waals surface area contributed by atoms with Gasteiger partial charge in [-0.3, -0.25) is 14.2 Å². The Kier molecular flexibility index (Phi) is 5.74. The molecule has 5 rings (SSSR count). The number of nitrogens with zero attached hydrogens (tertiary/aromatic N) is 3. The molecule has 0 saturated carbocycles. The van der Waals surface area contributed by atoms with Crippen LogP contribution in [0.5, 0.6) is 0 Å². The van der Waals surface area contributed by atoms with Crippen LogP contribution in [0.3, 0.4) is 0 Å². The smallest absolute Gasteiger partial charge is 0.326 e. The van der Waals surface area contributed by atoms with E-state index in [2.05, 4.69) is 10.3 Å². The summed E-state index contributed by atoms with van der Waals surface area (Å²) in [4.78, 5) is 41.9. The molecule has 2 aliphatic heterocycles. The van der Waals surface area contributed by atoms with Gasteiger partial charge in [0, 0.05) is 37.8 Å². The number of amides is 2. The molecule has 0 bridgehead atoms. The number of hydrogen-bond donors (Lipinski definition) is 2. The van der Waals surface area contributed by atoms with Crippen molar-refractivity contribution in [1.82, 2.24) is 24.1 Å². The Bertz CT molecular complexity index is 1420. The number of piperazine rings is 1. The predicted molar refractivity (Wildman–Crippen MR) is 125 cm³/mol. The van der Waals surface area contributed by atoms with Gasteiger partial charge in [-0.1, -0.05) is 18.2 Å². The SMILES string of the molecule is O=C1CN(S(=O)(=O)c2cccc(C(=O)N3CCC(n4c(=O)[nH]c5ccccc54)CC3)c2)CCN1. The molecule has 0 radical (unpaired) electrons. The van der Waals surface area contributed by atoms with Gasteiger partial charge in [0.05, 0.1) is 22.5 Å². The molecular weight excluding hydrogens is 458 g/mol. The molecular formula is C23H25N5O5S. The second kappa shape index (κ2) is 8.73. The van der Waals surface area contributed by atoms with E-state index < -0.39 is 10.0 Å². The van der Waals surface area contributed by atoms with Gasteiger partial charge in [0.1, 0.15) is 0 Å². The highest BCUT2D eigenvalue weighted by Crippen LogP contribution is 2.26. The van der Waals surface area contributed by atoms with Crippen LogP contribution in [0.2, 0.25) is 0 Å². The maximum Gasteiger partial charge on any atom is 0.326 e. The lowest BCUT2D eigenvalue weighted by Crippen LogP contribution is -2.49. The van der Waals surface area contributed by atoms with Crippen LogP contribution in [0, 0.1) is 0 Å². The van der Waals surface area contributed by atoms with Crippen molar-refractivity contribution in [2.24, 2.45) is 0 Å². The van der Waals surface area contributed by atoms with E-state index in [-0.39, 0.29) is 53.6 Å². The van der Waals surface area contributed by atoms with Crippen molar-refractivity contribution in [2.75, 3.05) is 32.7 Å². The van der Waals surface area contributed by atoms with Crippen LogP contribution < -0.4 is 11.0 Å². The lowest BCUT2D eigenvalue weighted by Gasteiger charge is -2.32. The van der Waals surface area contributed by atoms with Gasteiger partial charge in [0.25, 0.3) is 5.91 Å². The number of carbonyl (C=O) groups is 2. The largest absolute Gasteiger partial charge is 0.354 e. The van der Waals surface area contributed by atoms with Crippen molar-refractivity contribution in [3.63, 3.8) is 0 Å². The van der Waals surface area contributed by atoms with Crippen LogP contribution in [0.25, 0.3) is 11.0 Å². The number of likely N-dealkylation sites (tertiary alicyclic amines) is 1. The third-order valence-electron chi connectivity index (χ3n) is 6.46. The van der Waals surface area contributed by atoms with Gasteiger partial charge in [-0.05, 0) is 43.2 Å². The first-order chi connectivity index (χ1) is 16.3. The van der Waals surface area contributed by atoms with Gasteiger partial charge in [-0.15, -0.1) is 0 Å². The second-order valence-electron chi connectivity index (χ2n) is 8.56. The van der Waals surface area contributed by atoms with Crippen LogP contribution in [0.1, 0.15) is 29.2 Å². The van der Waals surface area contributed by atoms with Gasteiger partial charge < -0.3 is 15.2 Å². The van der Waals surface area contributed by atoms with E-state index >= 15 is 0 Å². The Morgan fingerprint density at radius 1 is 0.971 bits per heavy atom. The number of para-hydroxylation sites is 2. The third kappa shape index (κ3) is 4.01. The molecule has 2 saturated heterocycles. The molecule has 2 amide bonds. The minimum Gasteiger partial charge on any atom is -0.354 e. The quantitative estimate of drug-likeness (QED) is 0.571. The Morgan fingerprint density at radius 2 is 1.74 bits per heavy atom. The zero-order chi connectivity index (χ0) is 23.9. The van der Waals surface area contributed by atoms with Gasteiger partial charge in [0.15, 0.2) is 0 Å².